The number of Topliss-reactive ketones (excluding diaryl/α,β-unsaturated/α-hetero) is 1. The minimum atomic E-state index is 0.230. The quantitative estimate of drug-likeness (QED) is 0.762. The van der Waals surface area contributed by atoms with E-state index < -0.39 is 0 Å². The molecule has 1 rings (SSSR count). The van der Waals surface area contributed by atoms with Crippen molar-refractivity contribution < 1.29 is 4.79 Å². The Balaban J connectivity index is 2.56. The average Bonchev–Trinajstić information content (AvgIpc) is 2.70. The molecule has 1 unspecified atom stereocenters. The molecule has 0 radical (unpaired) electrons. The number of hydrogen-bond acceptors (Lipinski definition) is 3. The summed E-state index contributed by atoms with van der Waals surface area (Å²) >= 11 is 6.26. The lowest BCUT2D eigenvalue weighted by atomic mass is 9.94. The summed E-state index contributed by atoms with van der Waals surface area (Å²) in [5.41, 5.74) is 7.28. The second kappa shape index (κ2) is 8.42. The maximum Gasteiger partial charge on any atom is 0.138 e. The first kappa shape index (κ1) is 17.2. The molecule has 2 N–H and O–H groups in total. The smallest absolute Gasteiger partial charge is 0.138 e. The number of carbonyl (C=O) groups is 1. The van der Waals surface area contributed by atoms with E-state index in [2.05, 4.69) is 12.0 Å². The fourth-order valence-corrected chi connectivity index (χ4v) is 2.80. The largest absolute Gasteiger partial charge is 0.330 e. The molecule has 1 aromatic heterocycles. The van der Waals surface area contributed by atoms with Gasteiger partial charge in [0.2, 0.25) is 0 Å². The summed E-state index contributed by atoms with van der Waals surface area (Å²) in [6.07, 6.45) is 4.76. The number of carbonyl (C=O) groups excluding carboxylic acids is 1. The van der Waals surface area contributed by atoms with Crippen LogP contribution in [0, 0.1) is 5.92 Å². The van der Waals surface area contributed by atoms with Crippen molar-refractivity contribution in [3.05, 3.63) is 16.4 Å². The fraction of sp³-hybridized carbons (Fsp3) is 0.733. The Kier molecular flexibility index (Phi) is 7.24. The SMILES string of the molecule is CCc1nn(C)c(CC(=O)CCC(CC)CCN)c1Cl. The molecule has 0 aliphatic heterocycles. The van der Waals surface area contributed by atoms with Crippen LogP contribution in [0.3, 0.4) is 0 Å². The van der Waals surface area contributed by atoms with Crippen LogP contribution in [0.1, 0.15) is 50.9 Å². The Morgan fingerprint density at radius 1 is 1.40 bits per heavy atom. The first-order valence-corrected chi connectivity index (χ1v) is 7.83. The van der Waals surface area contributed by atoms with Gasteiger partial charge in [0.05, 0.1) is 16.4 Å². The zero-order chi connectivity index (χ0) is 15.1. The predicted molar refractivity (Wildman–Crippen MR) is 83.0 cm³/mol. The maximum absolute atomic E-state index is 12.1. The summed E-state index contributed by atoms with van der Waals surface area (Å²) in [7, 11) is 1.84. The molecule has 0 aromatic carbocycles. The van der Waals surface area contributed by atoms with E-state index in [-0.39, 0.29) is 5.78 Å². The van der Waals surface area contributed by atoms with Crippen LogP contribution in [0.5, 0.6) is 0 Å². The number of aromatic nitrogens is 2. The van der Waals surface area contributed by atoms with Crippen molar-refractivity contribution in [1.82, 2.24) is 9.78 Å². The van der Waals surface area contributed by atoms with E-state index >= 15 is 0 Å². The topological polar surface area (TPSA) is 60.9 Å². The van der Waals surface area contributed by atoms with Crippen LogP contribution in [-0.2, 0) is 24.7 Å². The number of hydrogen-bond donors (Lipinski definition) is 1. The Labute approximate surface area is 126 Å². The maximum atomic E-state index is 12.1. The predicted octanol–water partition coefficient (Wildman–Crippen LogP) is 2.90. The van der Waals surface area contributed by atoms with Gasteiger partial charge in [0.25, 0.3) is 0 Å². The highest BCUT2D eigenvalue weighted by Gasteiger charge is 2.17. The van der Waals surface area contributed by atoms with Crippen LogP contribution >= 0.6 is 11.6 Å². The Morgan fingerprint density at radius 2 is 2.10 bits per heavy atom. The number of ketones is 1. The van der Waals surface area contributed by atoms with E-state index in [9.17, 15) is 4.79 Å². The summed E-state index contributed by atoms with van der Waals surface area (Å²) in [5, 5.41) is 4.99. The van der Waals surface area contributed by atoms with Gasteiger partial charge in [-0.15, -0.1) is 0 Å². The third-order valence-corrected chi connectivity index (χ3v) is 4.29. The molecule has 0 bridgehead atoms. The summed E-state index contributed by atoms with van der Waals surface area (Å²) in [6.45, 7) is 4.86. The highest BCUT2D eigenvalue weighted by atomic mass is 35.5. The lowest BCUT2D eigenvalue weighted by Crippen LogP contribution is -2.12. The van der Waals surface area contributed by atoms with Crippen molar-refractivity contribution in [3.63, 3.8) is 0 Å². The Morgan fingerprint density at radius 3 is 2.60 bits per heavy atom. The molecule has 114 valence electrons. The normalized spacial score (nSPS) is 12.7. The van der Waals surface area contributed by atoms with Gasteiger partial charge in [-0.3, -0.25) is 9.48 Å². The van der Waals surface area contributed by atoms with Gasteiger partial charge in [-0.1, -0.05) is 31.9 Å². The van der Waals surface area contributed by atoms with Crippen LogP contribution in [-0.4, -0.2) is 22.1 Å². The molecule has 0 aliphatic carbocycles. The molecule has 0 aliphatic rings. The van der Waals surface area contributed by atoms with Gasteiger partial charge in [-0.2, -0.15) is 5.10 Å². The minimum Gasteiger partial charge on any atom is -0.330 e. The third-order valence-electron chi connectivity index (χ3n) is 3.85. The highest BCUT2D eigenvalue weighted by Crippen LogP contribution is 2.22. The number of nitrogens with zero attached hydrogens (tertiary/aromatic N) is 2. The van der Waals surface area contributed by atoms with E-state index in [4.69, 9.17) is 17.3 Å². The molecule has 0 saturated heterocycles. The van der Waals surface area contributed by atoms with Gasteiger partial charge in [0.1, 0.15) is 5.78 Å². The van der Waals surface area contributed by atoms with E-state index in [1.807, 2.05) is 14.0 Å². The van der Waals surface area contributed by atoms with Gasteiger partial charge < -0.3 is 5.73 Å². The summed E-state index contributed by atoms with van der Waals surface area (Å²) < 4.78 is 1.73. The van der Waals surface area contributed by atoms with E-state index in [0.29, 0.717) is 30.3 Å². The second-order valence-corrected chi connectivity index (χ2v) is 5.67. The standard InChI is InChI=1S/C15H26ClN3O/c1-4-11(8-9-17)6-7-12(20)10-14-15(16)13(5-2)18-19(14)3/h11H,4-10,17H2,1-3H3. The summed E-state index contributed by atoms with van der Waals surface area (Å²) in [6, 6.07) is 0. The second-order valence-electron chi connectivity index (χ2n) is 5.29. The molecule has 1 aromatic rings. The fourth-order valence-electron chi connectivity index (χ4n) is 2.44. The van der Waals surface area contributed by atoms with Crippen molar-refractivity contribution >= 4 is 17.4 Å². The highest BCUT2D eigenvalue weighted by molar-refractivity contribution is 6.32. The molecule has 0 amide bonds. The molecule has 0 saturated carbocycles. The van der Waals surface area contributed by atoms with Gasteiger partial charge in [0, 0.05) is 19.9 Å². The molecular formula is C15H26ClN3O. The Bertz CT molecular complexity index is 443. The van der Waals surface area contributed by atoms with Gasteiger partial charge >= 0.3 is 0 Å². The van der Waals surface area contributed by atoms with E-state index in [0.717, 1.165) is 37.1 Å². The Hall–Kier alpha value is -0.870. The van der Waals surface area contributed by atoms with Gasteiger partial charge in [-0.05, 0) is 31.7 Å². The van der Waals surface area contributed by atoms with Crippen LogP contribution in [0.25, 0.3) is 0 Å². The van der Waals surface area contributed by atoms with Gasteiger partial charge in [0.15, 0.2) is 0 Å². The molecule has 20 heavy (non-hydrogen) atoms. The van der Waals surface area contributed by atoms with Crippen molar-refractivity contribution in [2.45, 2.75) is 52.4 Å². The van der Waals surface area contributed by atoms with Crippen LogP contribution in [0.15, 0.2) is 0 Å². The van der Waals surface area contributed by atoms with E-state index in [1.54, 1.807) is 4.68 Å². The van der Waals surface area contributed by atoms with Crippen LogP contribution < -0.4 is 5.73 Å². The van der Waals surface area contributed by atoms with Crippen molar-refractivity contribution in [2.75, 3.05) is 6.54 Å². The minimum absolute atomic E-state index is 0.230. The summed E-state index contributed by atoms with van der Waals surface area (Å²) in [5.74, 6) is 0.783. The molecule has 4 nitrogen and oxygen atoms in total. The number of rotatable bonds is 9. The van der Waals surface area contributed by atoms with Gasteiger partial charge in [-0.25, -0.2) is 0 Å². The number of halogens is 1. The van der Waals surface area contributed by atoms with E-state index in [1.165, 1.54) is 0 Å². The lowest BCUT2D eigenvalue weighted by molar-refractivity contribution is -0.118. The summed E-state index contributed by atoms with van der Waals surface area (Å²) in [4.78, 5) is 12.1. The first-order valence-electron chi connectivity index (χ1n) is 7.45. The average molecular weight is 300 g/mol. The number of aryl methyl sites for hydroxylation is 2. The zero-order valence-corrected chi connectivity index (χ0v) is 13.5. The molecule has 5 heteroatoms. The molecule has 0 spiro atoms. The van der Waals surface area contributed by atoms with Crippen LogP contribution in [0.4, 0.5) is 0 Å². The van der Waals surface area contributed by atoms with Crippen LogP contribution in [0.2, 0.25) is 5.02 Å². The first-order chi connectivity index (χ1) is 9.53. The lowest BCUT2D eigenvalue weighted by Gasteiger charge is -2.12. The van der Waals surface area contributed by atoms with Crippen molar-refractivity contribution in [2.24, 2.45) is 18.7 Å². The number of nitrogens with two attached hydrogens (primary N) is 1. The zero-order valence-electron chi connectivity index (χ0n) is 12.8. The molecule has 1 atom stereocenters. The molecular weight excluding hydrogens is 274 g/mol. The van der Waals surface area contributed by atoms with Crippen molar-refractivity contribution in [1.29, 1.82) is 0 Å². The molecule has 0 fully saturated rings. The van der Waals surface area contributed by atoms with Crippen molar-refractivity contribution in [3.8, 4) is 0 Å². The third kappa shape index (κ3) is 4.60. The molecule has 1 heterocycles. The monoisotopic (exact) mass is 299 g/mol.